The van der Waals surface area contributed by atoms with Gasteiger partial charge in [0.1, 0.15) is 5.82 Å². The smallest absolute Gasteiger partial charge is 0.141 e. The molecule has 0 amide bonds. The molecule has 0 aromatic carbocycles. The normalized spacial score (nSPS) is 33.5. The number of halogens is 1. The molecule has 3 atom stereocenters. The molecule has 1 fully saturated rings. The lowest BCUT2D eigenvalue weighted by molar-refractivity contribution is 0.0491. The maximum atomic E-state index is 13.1. The van der Waals surface area contributed by atoms with Crippen molar-refractivity contribution in [3.8, 4) is 0 Å². The average molecular weight is 222 g/mol. The molecule has 1 saturated carbocycles. The first-order valence-electron chi connectivity index (χ1n) is 5.89. The summed E-state index contributed by atoms with van der Waals surface area (Å²) >= 11 is 0. The SMILES string of the molecule is CCC1(C)C(NC)CC1c1cncc(F)c1. The minimum absolute atomic E-state index is 0.226. The molecule has 0 radical (unpaired) electrons. The minimum Gasteiger partial charge on any atom is -0.316 e. The Bertz CT molecular complexity index is 380. The molecule has 0 bridgehead atoms. The second-order valence-electron chi connectivity index (χ2n) is 4.93. The molecule has 2 rings (SSSR count). The van der Waals surface area contributed by atoms with E-state index >= 15 is 0 Å². The Balaban J connectivity index is 2.24. The number of hydrogen-bond acceptors (Lipinski definition) is 2. The van der Waals surface area contributed by atoms with E-state index in [0.29, 0.717) is 12.0 Å². The summed E-state index contributed by atoms with van der Waals surface area (Å²) < 4.78 is 13.1. The van der Waals surface area contributed by atoms with Crippen molar-refractivity contribution in [1.29, 1.82) is 0 Å². The van der Waals surface area contributed by atoms with Gasteiger partial charge >= 0.3 is 0 Å². The van der Waals surface area contributed by atoms with Crippen molar-refractivity contribution in [2.24, 2.45) is 5.41 Å². The van der Waals surface area contributed by atoms with Crippen LogP contribution in [-0.4, -0.2) is 18.1 Å². The number of nitrogens with zero attached hydrogens (tertiary/aromatic N) is 1. The lowest BCUT2D eigenvalue weighted by Gasteiger charge is -2.54. The maximum absolute atomic E-state index is 13.1. The Morgan fingerprint density at radius 3 is 2.88 bits per heavy atom. The molecule has 0 aliphatic heterocycles. The van der Waals surface area contributed by atoms with E-state index in [9.17, 15) is 4.39 Å². The summed E-state index contributed by atoms with van der Waals surface area (Å²) in [5, 5.41) is 3.34. The van der Waals surface area contributed by atoms with Gasteiger partial charge in [0.2, 0.25) is 0 Å². The van der Waals surface area contributed by atoms with E-state index < -0.39 is 0 Å². The lowest BCUT2D eigenvalue weighted by atomic mass is 9.54. The quantitative estimate of drug-likeness (QED) is 0.850. The molecule has 1 aromatic heterocycles. The molecule has 1 heterocycles. The third-order valence-corrected chi connectivity index (χ3v) is 4.30. The number of rotatable bonds is 3. The zero-order valence-electron chi connectivity index (χ0n) is 10.1. The van der Waals surface area contributed by atoms with Crippen molar-refractivity contribution < 1.29 is 4.39 Å². The highest BCUT2D eigenvalue weighted by Crippen LogP contribution is 2.54. The van der Waals surface area contributed by atoms with E-state index in [2.05, 4.69) is 24.1 Å². The van der Waals surface area contributed by atoms with Crippen molar-refractivity contribution >= 4 is 0 Å². The fourth-order valence-electron chi connectivity index (χ4n) is 2.93. The first-order chi connectivity index (χ1) is 7.61. The third kappa shape index (κ3) is 1.63. The molecule has 1 N–H and O–H groups in total. The third-order valence-electron chi connectivity index (χ3n) is 4.30. The van der Waals surface area contributed by atoms with Crippen LogP contribution in [0.25, 0.3) is 0 Å². The Labute approximate surface area is 96.3 Å². The first-order valence-corrected chi connectivity index (χ1v) is 5.89. The molecule has 3 heteroatoms. The van der Waals surface area contributed by atoms with Gasteiger partial charge in [-0.3, -0.25) is 4.98 Å². The molecule has 1 aliphatic rings. The van der Waals surface area contributed by atoms with Crippen LogP contribution in [0, 0.1) is 11.2 Å². The van der Waals surface area contributed by atoms with E-state index in [4.69, 9.17) is 0 Å². The van der Waals surface area contributed by atoms with Gasteiger partial charge in [0.05, 0.1) is 6.20 Å². The van der Waals surface area contributed by atoms with Gasteiger partial charge in [0.25, 0.3) is 0 Å². The van der Waals surface area contributed by atoms with Crippen LogP contribution in [0.15, 0.2) is 18.5 Å². The van der Waals surface area contributed by atoms with Crippen LogP contribution in [0.2, 0.25) is 0 Å². The molecule has 88 valence electrons. The average Bonchev–Trinajstić information content (AvgIpc) is 2.27. The molecule has 16 heavy (non-hydrogen) atoms. The molecule has 0 spiro atoms. The van der Waals surface area contributed by atoms with Crippen LogP contribution < -0.4 is 5.32 Å². The summed E-state index contributed by atoms with van der Waals surface area (Å²) in [7, 11) is 2.00. The van der Waals surface area contributed by atoms with Gasteiger partial charge in [-0.05, 0) is 42.9 Å². The predicted molar refractivity (Wildman–Crippen MR) is 62.8 cm³/mol. The van der Waals surface area contributed by atoms with Crippen molar-refractivity contribution in [3.63, 3.8) is 0 Å². The fraction of sp³-hybridized carbons (Fsp3) is 0.615. The lowest BCUT2D eigenvalue weighted by Crippen LogP contribution is -2.55. The second-order valence-corrected chi connectivity index (χ2v) is 4.93. The van der Waals surface area contributed by atoms with Gasteiger partial charge in [0.15, 0.2) is 0 Å². The predicted octanol–water partition coefficient (Wildman–Crippen LogP) is 2.71. The van der Waals surface area contributed by atoms with E-state index in [1.165, 1.54) is 6.20 Å². The number of aromatic nitrogens is 1. The molecule has 2 nitrogen and oxygen atoms in total. The Morgan fingerprint density at radius 2 is 2.31 bits per heavy atom. The van der Waals surface area contributed by atoms with Crippen molar-refractivity contribution in [2.75, 3.05) is 7.05 Å². The van der Waals surface area contributed by atoms with Crippen molar-refractivity contribution in [3.05, 3.63) is 29.8 Å². The molecule has 3 unspecified atom stereocenters. The van der Waals surface area contributed by atoms with Crippen LogP contribution in [0.3, 0.4) is 0 Å². The summed E-state index contributed by atoms with van der Waals surface area (Å²) in [4.78, 5) is 3.94. The van der Waals surface area contributed by atoms with E-state index in [1.54, 1.807) is 12.3 Å². The van der Waals surface area contributed by atoms with Gasteiger partial charge in [-0.2, -0.15) is 0 Å². The zero-order valence-corrected chi connectivity index (χ0v) is 10.1. The maximum Gasteiger partial charge on any atom is 0.141 e. The minimum atomic E-state index is -0.233. The highest BCUT2D eigenvalue weighted by atomic mass is 19.1. The summed E-state index contributed by atoms with van der Waals surface area (Å²) in [6.07, 6.45) is 5.24. The fourth-order valence-corrected chi connectivity index (χ4v) is 2.93. The van der Waals surface area contributed by atoms with Gasteiger partial charge in [0, 0.05) is 12.2 Å². The van der Waals surface area contributed by atoms with Crippen molar-refractivity contribution in [2.45, 2.75) is 38.6 Å². The van der Waals surface area contributed by atoms with E-state index in [0.717, 1.165) is 18.4 Å². The standard InChI is InChI=1S/C13H19FN2/c1-4-13(2)11(6-12(13)15-3)9-5-10(14)8-16-7-9/h5,7-8,11-12,15H,4,6H2,1-3H3. The van der Waals surface area contributed by atoms with Crippen molar-refractivity contribution in [1.82, 2.24) is 10.3 Å². The molecular formula is C13H19FN2. The van der Waals surface area contributed by atoms with Crippen LogP contribution in [0.1, 0.15) is 38.2 Å². The largest absolute Gasteiger partial charge is 0.316 e. The Hall–Kier alpha value is -0.960. The monoisotopic (exact) mass is 222 g/mol. The molecule has 1 aromatic rings. The number of pyridine rings is 1. The summed E-state index contributed by atoms with van der Waals surface area (Å²) in [6, 6.07) is 2.16. The van der Waals surface area contributed by atoms with Crippen LogP contribution >= 0.6 is 0 Å². The summed E-state index contributed by atoms with van der Waals surface area (Å²) in [5.41, 5.74) is 1.26. The number of hydrogen-bond donors (Lipinski definition) is 1. The van der Waals surface area contributed by atoms with E-state index in [-0.39, 0.29) is 11.2 Å². The molecular weight excluding hydrogens is 203 g/mol. The Kier molecular flexibility index (Phi) is 2.98. The van der Waals surface area contributed by atoms with Crippen LogP contribution in [0.5, 0.6) is 0 Å². The molecule has 1 aliphatic carbocycles. The van der Waals surface area contributed by atoms with Gasteiger partial charge in [-0.25, -0.2) is 4.39 Å². The van der Waals surface area contributed by atoms with Gasteiger partial charge < -0.3 is 5.32 Å². The van der Waals surface area contributed by atoms with Crippen LogP contribution in [0.4, 0.5) is 4.39 Å². The summed E-state index contributed by atoms with van der Waals surface area (Å²) in [6.45, 7) is 4.47. The van der Waals surface area contributed by atoms with Crippen LogP contribution in [-0.2, 0) is 0 Å². The zero-order chi connectivity index (χ0) is 11.8. The highest BCUT2D eigenvalue weighted by molar-refractivity contribution is 5.25. The van der Waals surface area contributed by atoms with E-state index in [1.807, 2.05) is 7.05 Å². The topological polar surface area (TPSA) is 24.9 Å². The van der Waals surface area contributed by atoms with Gasteiger partial charge in [-0.1, -0.05) is 13.8 Å². The molecule has 0 saturated heterocycles. The Morgan fingerprint density at radius 1 is 1.56 bits per heavy atom. The number of nitrogens with one attached hydrogen (secondary N) is 1. The van der Waals surface area contributed by atoms with Gasteiger partial charge in [-0.15, -0.1) is 0 Å². The second kappa shape index (κ2) is 4.13. The first kappa shape index (κ1) is 11.5. The summed E-state index contributed by atoms with van der Waals surface area (Å²) in [5.74, 6) is 0.196. The highest BCUT2D eigenvalue weighted by Gasteiger charge is 2.50.